The van der Waals surface area contributed by atoms with Crippen molar-refractivity contribution in [1.29, 1.82) is 0 Å². The van der Waals surface area contributed by atoms with E-state index in [1.165, 1.54) is 37.3 Å². The first-order valence-electron chi connectivity index (χ1n) is 9.73. The molecular weight excluding hydrogens is 441 g/mol. The minimum Gasteiger partial charge on any atom is -0.494 e. The van der Waals surface area contributed by atoms with Gasteiger partial charge < -0.3 is 4.74 Å². The van der Waals surface area contributed by atoms with E-state index in [2.05, 4.69) is 16.0 Å². The lowest BCUT2D eigenvalue weighted by atomic mass is 10.1. The molecule has 11 heteroatoms. The minimum absolute atomic E-state index is 0.0895. The van der Waals surface area contributed by atoms with Crippen LogP contribution in [0.1, 0.15) is 39.0 Å². The highest BCUT2D eigenvalue weighted by molar-refractivity contribution is 5.98. The summed E-state index contributed by atoms with van der Waals surface area (Å²) in [7, 11) is 0. The van der Waals surface area contributed by atoms with Gasteiger partial charge in [0, 0.05) is 17.3 Å². The first-order chi connectivity index (χ1) is 15.6. The molecule has 0 spiro atoms. The Bertz CT molecular complexity index is 1240. The van der Waals surface area contributed by atoms with Crippen molar-refractivity contribution in [3.8, 4) is 11.4 Å². The molecule has 3 aromatic rings. The van der Waals surface area contributed by atoms with E-state index in [1.807, 2.05) is 6.92 Å². The molecule has 0 saturated heterocycles. The van der Waals surface area contributed by atoms with Gasteiger partial charge in [-0.05, 0) is 50.2 Å². The average Bonchev–Trinajstić information content (AvgIpc) is 2.77. The van der Waals surface area contributed by atoms with E-state index < -0.39 is 34.7 Å². The Balaban J connectivity index is 1.83. The van der Waals surface area contributed by atoms with Crippen molar-refractivity contribution in [2.45, 2.75) is 20.0 Å². The third-order valence-electron chi connectivity index (χ3n) is 4.48. The summed E-state index contributed by atoms with van der Waals surface area (Å²) in [6.45, 7) is 3.65. The molecule has 0 atom stereocenters. The Labute approximate surface area is 186 Å². The lowest BCUT2D eigenvalue weighted by Gasteiger charge is -2.16. The highest BCUT2D eigenvalue weighted by atomic mass is 19.4. The monoisotopic (exact) mass is 460 g/mol. The first-order valence-corrected chi connectivity index (χ1v) is 9.73. The molecule has 2 aromatic carbocycles. The van der Waals surface area contributed by atoms with E-state index in [1.54, 1.807) is 12.1 Å². The topological polar surface area (TPSA) is 102 Å². The Morgan fingerprint density at radius 1 is 1.03 bits per heavy atom. The van der Waals surface area contributed by atoms with Gasteiger partial charge in [-0.1, -0.05) is 12.1 Å². The molecule has 0 aliphatic rings. The summed E-state index contributed by atoms with van der Waals surface area (Å²) in [5.41, 5.74) is 1.63. The van der Waals surface area contributed by atoms with Crippen molar-refractivity contribution in [2.75, 3.05) is 6.61 Å². The Morgan fingerprint density at radius 2 is 1.67 bits per heavy atom. The van der Waals surface area contributed by atoms with Crippen LogP contribution in [0.4, 0.5) is 13.2 Å². The van der Waals surface area contributed by atoms with Gasteiger partial charge in [0.25, 0.3) is 11.8 Å². The number of halogens is 3. The Kier molecular flexibility index (Phi) is 6.80. The molecule has 3 rings (SSSR count). The third kappa shape index (κ3) is 5.37. The molecule has 8 nitrogen and oxygen atoms in total. The number of carbonyl (C=O) groups is 2. The van der Waals surface area contributed by atoms with Crippen LogP contribution in [0, 0.1) is 6.92 Å². The summed E-state index contributed by atoms with van der Waals surface area (Å²) in [5, 5.41) is 3.82. The van der Waals surface area contributed by atoms with Crippen molar-refractivity contribution in [3.63, 3.8) is 0 Å². The number of nitrogens with one attached hydrogen (secondary N) is 2. The van der Waals surface area contributed by atoms with Crippen LogP contribution in [0.5, 0.6) is 5.75 Å². The minimum atomic E-state index is -4.68. The number of aryl methyl sites for hydroxylation is 1. The second kappa shape index (κ2) is 9.55. The average molecular weight is 460 g/mol. The predicted molar refractivity (Wildman–Crippen MR) is 112 cm³/mol. The largest absolute Gasteiger partial charge is 0.494 e. The summed E-state index contributed by atoms with van der Waals surface area (Å²) < 4.78 is 46.4. The second-order valence-corrected chi connectivity index (χ2v) is 6.79. The van der Waals surface area contributed by atoms with Crippen LogP contribution >= 0.6 is 0 Å². The molecule has 0 saturated carbocycles. The van der Waals surface area contributed by atoms with Crippen molar-refractivity contribution < 1.29 is 27.5 Å². The zero-order valence-corrected chi connectivity index (χ0v) is 17.6. The number of para-hydroxylation sites is 1. The van der Waals surface area contributed by atoms with Crippen molar-refractivity contribution >= 4 is 11.8 Å². The maximum atomic E-state index is 13.4. The highest BCUT2D eigenvalue weighted by Gasteiger charge is 2.34. The maximum Gasteiger partial charge on any atom is 0.418 e. The van der Waals surface area contributed by atoms with Gasteiger partial charge in [0.05, 0.1) is 17.9 Å². The van der Waals surface area contributed by atoms with Gasteiger partial charge in [-0.15, -0.1) is 0 Å². The molecule has 0 fully saturated rings. The SMILES string of the molecule is CCOc1ccc(C(=O)NNC(=O)c2nn(-c3ccccc3C(F)(F)F)c(C)cc2=O)cc1. The van der Waals surface area contributed by atoms with Crippen LogP contribution in [0.15, 0.2) is 59.4 Å². The highest BCUT2D eigenvalue weighted by Crippen LogP contribution is 2.33. The van der Waals surface area contributed by atoms with Crippen LogP contribution in [-0.2, 0) is 6.18 Å². The molecule has 0 aliphatic carbocycles. The quantitative estimate of drug-likeness (QED) is 0.570. The van der Waals surface area contributed by atoms with Crippen LogP contribution in [-0.4, -0.2) is 28.2 Å². The third-order valence-corrected chi connectivity index (χ3v) is 4.48. The van der Waals surface area contributed by atoms with Gasteiger partial charge in [-0.2, -0.15) is 18.3 Å². The summed E-state index contributed by atoms with van der Waals surface area (Å²) in [6.07, 6.45) is -4.68. The summed E-state index contributed by atoms with van der Waals surface area (Å²) in [6, 6.07) is 11.7. The number of carbonyl (C=O) groups excluding carboxylic acids is 2. The fraction of sp³-hybridized carbons (Fsp3) is 0.182. The number of rotatable bonds is 5. The number of amides is 2. The normalized spacial score (nSPS) is 11.1. The number of alkyl halides is 3. The zero-order valence-electron chi connectivity index (χ0n) is 17.6. The zero-order chi connectivity index (χ0) is 24.2. The van der Waals surface area contributed by atoms with Crippen molar-refractivity contribution in [1.82, 2.24) is 20.6 Å². The number of hydrazine groups is 1. The van der Waals surface area contributed by atoms with E-state index in [0.717, 1.165) is 16.8 Å². The summed E-state index contributed by atoms with van der Waals surface area (Å²) in [4.78, 5) is 37.0. The van der Waals surface area contributed by atoms with Gasteiger partial charge >= 0.3 is 6.18 Å². The molecule has 0 bridgehead atoms. The number of ether oxygens (including phenoxy) is 1. The number of benzene rings is 2. The van der Waals surface area contributed by atoms with Crippen LogP contribution in [0.25, 0.3) is 5.69 Å². The van der Waals surface area contributed by atoms with E-state index in [9.17, 15) is 27.6 Å². The van der Waals surface area contributed by atoms with Gasteiger partial charge in [-0.3, -0.25) is 25.2 Å². The smallest absolute Gasteiger partial charge is 0.418 e. The summed E-state index contributed by atoms with van der Waals surface area (Å²) in [5.74, 6) is -1.21. The van der Waals surface area contributed by atoms with Crippen LogP contribution in [0.3, 0.4) is 0 Å². The molecule has 2 N–H and O–H groups in total. The van der Waals surface area contributed by atoms with E-state index in [0.29, 0.717) is 12.4 Å². The fourth-order valence-corrected chi connectivity index (χ4v) is 2.96. The van der Waals surface area contributed by atoms with Crippen LogP contribution < -0.4 is 21.0 Å². The van der Waals surface area contributed by atoms with Gasteiger partial charge in [0.1, 0.15) is 5.75 Å². The molecule has 1 aromatic heterocycles. The predicted octanol–water partition coefficient (Wildman–Crippen LogP) is 3.03. The van der Waals surface area contributed by atoms with E-state index >= 15 is 0 Å². The van der Waals surface area contributed by atoms with E-state index in [4.69, 9.17) is 4.74 Å². The maximum absolute atomic E-state index is 13.4. The fourth-order valence-electron chi connectivity index (χ4n) is 2.96. The van der Waals surface area contributed by atoms with Gasteiger partial charge in [-0.25, -0.2) is 4.68 Å². The molecule has 1 heterocycles. The van der Waals surface area contributed by atoms with Crippen molar-refractivity contribution in [2.24, 2.45) is 0 Å². The summed E-state index contributed by atoms with van der Waals surface area (Å²) >= 11 is 0. The van der Waals surface area contributed by atoms with Gasteiger partial charge in [0.15, 0.2) is 5.69 Å². The molecule has 0 radical (unpaired) electrons. The lowest BCUT2D eigenvalue weighted by molar-refractivity contribution is -0.137. The Hall–Kier alpha value is -4.15. The first kappa shape index (κ1) is 23.5. The molecule has 33 heavy (non-hydrogen) atoms. The molecule has 0 aliphatic heterocycles. The number of hydrogen-bond acceptors (Lipinski definition) is 5. The molecule has 2 amide bonds. The lowest BCUT2D eigenvalue weighted by Crippen LogP contribution is -2.44. The number of nitrogens with zero attached hydrogens (tertiary/aromatic N) is 2. The number of aromatic nitrogens is 2. The molecule has 172 valence electrons. The molecular formula is C22H19F3N4O4. The van der Waals surface area contributed by atoms with Crippen LogP contribution in [0.2, 0.25) is 0 Å². The Morgan fingerprint density at radius 3 is 2.30 bits per heavy atom. The standard InChI is InChI=1S/C22H19F3N4O4/c1-3-33-15-10-8-14(9-11-15)20(31)26-27-21(32)19-18(30)12-13(2)29(28-19)17-7-5-4-6-16(17)22(23,24)25/h4-12H,3H2,1-2H3,(H,26,31)(H,27,32). The van der Waals surface area contributed by atoms with Gasteiger partial charge in [0.2, 0.25) is 5.43 Å². The van der Waals surface area contributed by atoms with Crippen molar-refractivity contribution in [3.05, 3.63) is 87.3 Å². The second-order valence-electron chi connectivity index (χ2n) is 6.79. The van der Waals surface area contributed by atoms with E-state index in [-0.39, 0.29) is 16.9 Å². The number of hydrogen-bond donors (Lipinski definition) is 2. The molecule has 0 unspecified atom stereocenters.